The molecule has 0 heterocycles. The molecule has 0 atom stereocenters. The number of rotatable bonds is 3. The molecule has 0 saturated heterocycles. The smallest absolute Gasteiger partial charge is 0.159 e. The summed E-state index contributed by atoms with van der Waals surface area (Å²) < 4.78 is 10.3. The molecule has 0 saturated carbocycles. The Balaban J connectivity index is 3.23. The van der Waals surface area contributed by atoms with E-state index in [4.69, 9.17) is 26.8 Å². The molecule has 0 aliphatic carbocycles. The van der Waals surface area contributed by atoms with Crippen LogP contribution in [0.3, 0.4) is 0 Å². The third-order valence-electron chi connectivity index (χ3n) is 1.89. The van der Waals surface area contributed by atoms with Gasteiger partial charge < -0.3 is 15.2 Å². The van der Waals surface area contributed by atoms with Crippen LogP contribution in [0.15, 0.2) is 17.1 Å². The van der Waals surface area contributed by atoms with Crippen LogP contribution in [0.1, 0.15) is 0 Å². The van der Waals surface area contributed by atoms with E-state index in [0.29, 0.717) is 27.4 Å². The summed E-state index contributed by atoms with van der Waals surface area (Å²) in [6.07, 6.45) is 1.84. The Bertz CT molecular complexity index is 410. The van der Waals surface area contributed by atoms with E-state index in [0.717, 1.165) is 0 Å². The number of benzene rings is 1. The predicted octanol–water partition coefficient (Wildman–Crippen LogP) is 2.67. The van der Waals surface area contributed by atoms with Gasteiger partial charge in [-0.3, -0.25) is 0 Å². The van der Waals surface area contributed by atoms with Gasteiger partial charge >= 0.3 is 0 Å². The second-order valence-corrected chi connectivity index (χ2v) is 4.05. The second-order valence-electron chi connectivity index (χ2n) is 2.81. The third-order valence-corrected chi connectivity index (χ3v) is 2.70. The zero-order chi connectivity index (χ0) is 12.1. The molecule has 0 aliphatic heterocycles. The molecular formula is C10H13ClN2O2S. The highest BCUT2D eigenvalue weighted by molar-refractivity contribution is 8.13. The van der Waals surface area contributed by atoms with Crippen LogP contribution in [0.4, 0.5) is 5.69 Å². The van der Waals surface area contributed by atoms with Crippen molar-refractivity contribution in [2.24, 2.45) is 10.7 Å². The maximum Gasteiger partial charge on any atom is 0.159 e. The van der Waals surface area contributed by atoms with E-state index in [1.54, 1.807) is 26.4 Å². The molecule has 1 aromatic rings. The number of hydrogen-bond acceptors (Lipinski definition) is 4. The molecule has 0 aromatic heterocycles. The van der Waals surface area contributed by atoms with E-state index in [1.165, 1.54) is 11.8 Å². The molecule has 2 N–H and O–H groups in total. The van der Waals surface area contributed by atoms with Gasteiger partial charge in [0.2, 0.25) is 0 Å². The van der Waals surface area contributed by atoms with Gasteiger partial charge in [0.05, 0.1) is 19.2 Å². The number of thioether (sulfide) groups is 1. The Morgan fingerprint density at radius 1 is 1.31 bits per heavy atom. The highest BCUT2D eigenvalue weighted by Gasteiger charge is 2.09. The van der Waals surface area contributed by atoms with Crippen LogP contribution in [-0.2, 0) is 0 Å². The van der Waals surface area contributed by atoms with E-state index in [9.17, 15) is 0 Å². The number of ether oxygens (including phenoxy) is 2. The minimum absolute atomic E-state index is 0.444. The normalized spacial score (nSPS) is 11.4. The SMILES string of the molecule is COc1cc(OC)c(N=C(N)SC)cc1Cl. The first kappa shape index (κ1) is 13.0. The molecule has 0 fully saturated rings. The molecule has 4 nitrogen and oxygen atoms in total. The number of nitrogens with two attached hydrogens (primary N) is 1. The Morgan fingerprint density at radius 3 is 2.44 bits per heavy atom. The van der Waals surface area contributed by atoms with Crippen LogP contribution >= 0.6 is 23.4 Å². The first-order valence-corrected chi connectivity index (χ1v) is 6.02. The van der Waals surface area contributed by atoms with Crippen LogP contribution in [0.5, 0.6) is 11.5 Å². The van der Waals surface area contributed by atoms with E-state index in [-0.39, 0.29) is 0 Å². The van der Waals surface area contributed by atoms with Crippen molar-refractivity contribution in [2.75, 3.05) is 20.5 Å². The van der Waals surface area contributed by atoms with Crippen LogP contribution in [0.2, 0.25) is 5.02 Å². The molecule has 16 heavy (non-hydrogen) atoms. The molecule has 88 valence electrons. The van der Waals surface area contributed by atoms with Crippen LogP contribution < -0.4 is 15.2 Å². The molecule has 1 rings (SSSR count). The first-order valence-electron chi connectivity index (χ1n) is 4.42. The van der Waals surface area contributed by atoms with Crippen molar-refractivity contribution in [1.29, 1.82) is 0 Å². The highest BCUT2D eigenvalue weighted by atomic mass is 35.5. The van der Waals surface area contributed by atoms with Gasteiger partial charge in [-0.15, -0.1) is 0 Å². The first-order chi connectivity index (χ1) is 7.62. The van der Waals surface area contributed by atoms with Gasteiger partial charge in [-0.25, -0.2) is 4.99 Å². The van der Waals surface area contributed by atoms with Gasteiger partial charge in [0.25, 0.3) is 0 Å². The Labute approximate surface area is 104 Å². The maximum atomic E-state index is 5.99. The van der Waals surface area contributed by atoms with Gasteiger partial charge in [0.1, 0.15) is 17.2 Å². The topological polar surface area (TPSA) is 56.8 Å². The molecule has 0 aliphatic rings. The number of nitrogens with zero attached hydrogens (tertiary/aromatic N) is 1. The fraction of sp³-hybridized carbons (Fsp3) is 0.300. The minimum atomic E-state index is 0.444. The molecule has 0 spiro atoms. The zero-order valence-electron chi connectivity index (χ0n) is 9.28. The number of amidine groups is 1. The van der Waals surface area contributed by atoms with E-state index in [2.05, 4.69) is 4.99 Å². The second kappa shape index (κ2) is 5.86. The summed E-state index contributed by atoms with van der Waals surface area (Å²) in [5, 5.41) is 0.912. The lowest BCUT2D eigenvalue weighted by molar-refractivity contribution is 0.395. The number of hydrogen-bond donors (Lipinski definition) is 1. The van der Waals surface area contributed by atoms with Crippen molar-refractivity contribution in [2.45, 2.75) is 0 Å². The number of halogens is 1. The van der Waals surface area contributed by atoms with Gasteiger partial charge in [-0.05, 0) is 12.3 Å². The summed E-state index contributed by atoms with van der Waals surface area (Å²) >= 11 is 7.34. The van der Waals surface area contributed by atoms with Crippen LogP contribution in [0.25, 0.3) is 0 Å². The van der Waals surface area contributed by atoms with Gasteiger partial charge in [0, 0.05) is 6.07 Å². The summed E-state index contributed by atoms with van der Waals surface area (Å²) in [7, 11) is 3.09. The fourth-order valence-corrected chi connectivity index (χ4v) is 1.52. The van der Waals surface area contributed by atoms with E-state index < -0.39 is 0 Å². The summed E-state index contributed by atoms with van der Waals surface area (Å²) in [5.41, 5.74) is 6.22. The quantitative estimate of drug-likeness (QED) is 0.671. The molecular weight excluding hydrogens is 248 g/mol. The van der Waals surface area contributed by atoms with Crippen molar-refractivity contribution in [3.05, 3.63) is 17.2 Å². The lowest BCUT2D eigenvalue weighted by Crippen LogP contribution is -2.04. The molecule has 0 bridgehead atoms. The zero-order valence-corrected chi connectivity index (χ0v) is 10.9. The summed E-state index contributed by atoms with van der Waals surface area (Å²) in [4.78, 5) is 4.18. The van der Waals surface area contributed by atoms with Crippen LogP contribution in [0, 0.1) is 0 Å². The lowest BCUT2D eigenvalue weighted by atomic mass is 10.3. The minimum Gasteiger partial charge on any atom is -0.495 e. The van der Waals surface area contributed by atoms with Crippen molar-refractivity contribution in [3.63, 3.8) is 0 Å². The van der Waals surface area contributed by atoms with Crippen molar-refractivity contribution in [1.82, 2.24) is 0 Å². The van der Waals surface area contributed by atoms with E-state index in [1.807, 2.05) is 6.26 Å². The molecule has 1 aromatic carbocycles. The van der Waals surface area contributed by atoms with Crippen LogP contribution in [-0.4, -0.2) is 25.6 Å². The van der Waals surface area contributed by atoms with Crippen molar-refractivity contribution < 1.29 is 9.47 Å². The Morgan fingerprint density at radius 2 is 1.94 bits per heavy atom. The molecule has 6 heteroatoms. The lowest BCUT2D eigenvalue weighted by Gasteiger charge is -2.09. The average molecular weight is 261 g/mol. The molecule has 0 radical (unpaired) electrons. The molecule has 0 amide bonds. The largest absolute Gasteiger partial charge is 0.495 e. The highest BCUT2D eigenvalue weighted by Crippen LogP contribution is 2.37. The van der Waals surface area contributed by atoms with Crippen molar-refractivity contribution in [3.8, 4) is 11.5 Å². The number of methoxy groups -OCH3 is 2. The monoisotopic (exact) mass is 260 g/mol. The predicted molar refractivity (Wildman–Crippen MR) is 69.4 cm³/mol. The van der Waals surface area contributed by atoms with Gasteiger partial charge in [-0.1, -0.05) is 23.4 Å². The van der Waals surface area contributed by atoms with Gasteiger partial charge in [0.15, 0.2) is 5.17 Å². The Kier molecular flexibility index (Phi) is 4.76. The summed E-state index contributed by atoms with van der Waals surface area (Å²) in [6, 6.07) is 3.33. The standard InChI is InChI=1S/C10H13ClN2O2S/c1-14-8-5-9(15-2)7(4-6(8)11)13-10(12)16-3/h4-5H,1-3H3,(H2,12,13). The van der Waals surface area contributed by atoms with Crippen molar-refractivity contribution >= 4 is 34.2 Å². The van der Waals surface area contributed by atoms with E-state index >= 15 is 0 Å². The number of aliphatic imine (C=N–C) groups is 1. The van der Waals surface area contributed by atoms with Gasteiger partial charge in [-0.2, -0.15) is 0 Å². The summed E-state index contributed by atoms with van der Waals surface area (Å²) in [5.74, 6) is 1.11. The average Bonchev–Trinajstić information content (AvgIpc) is 2.29. The molecule has 0 unspecified atom stereocenters. The third kappa shape index (κ3) is 2.96. The maximum absolute atomic E-state index is 5.99. The Hall–Kier alpha value is -1.07. The fourth-order valence-electron chi connectivity index (χ4n) is 1.10. The summed E-state index contributed by atoms with van der Waals surface area (Å²) in [6.45, 7) is 0.